The molecule has 2 aliphatic rings. The van der Waals surface area contributed by atoms with Gasteiger partial charge >= 0.3 is 6.98 Å². The molecule has 0 unspecified atom stereocenters. The summed E-state index contributed by atoms with van der Waals surface area (Å²) in [5.41, 5.74) is 12.4. The molecule has 186 valence electrons. The minimum absolute atomic E-state index is 0.0236. The number of hydrogen-bond acceptors (Lipinski definition) is 2. The summed E-state index contributed by atoms with van der Waals surface area (Å²) in [6, 6.07) is 52.8. The molecule has 0 fully saturated rings. The molecule has 3 heterocycles. The molecule has 1 aromatic heterocycles. The molecular weight excluding hydrogens is 485 g/mol. The van der Waals surface area contributed by atoms with E-state index in [2.05, 4.69) is 160 Å². The second-order valence-corrected chi connectivity index (χ2v) is 10.6. The number of fused-ring (bicyclic) bond motifs is 12. The fourth-order valence-electron chi connectivity index (χ4n) is 6.97. The van der Waals surface area contributed by atoms with Gasteiger partial charge in [-0.25, -0.2) is 0 Å². The number of anilines is 4. The second-order valence-electron chi connectivity index (χ2n) is 10.6. The fourth-order valence-corrected chi connectivity index (χ4v) is 6.97. The van der Waals surface area contributed by atoms with Crippen LogP contribution in [0, 0.1) is 0 Å². The molecule has 3 nitrogen and oxygen atoms in total. The van der Waals surface area contributed by atoms with E-state index in [1.807, 2.05) is 0 Å². The lowest BCUT2D eigenvalue weighted by atomic mass is 9.59. The molecular formula is C36H24BN3. The van der Waals surface area contributed by atoms with Crippen molar-refractivity contribution in [3.63, 3.8) is 0 Å². The third-order valence-electron chi connectivity index (χ3n) is 8.52. The lowest BCUT2D eigenvalue weighted by molar-refractivity contribution is 1.18. The van der Waals surface area contributed by atoms with E-state index in [0.29, 0.717) is 0 Å². The summed E-state index contributed by atoms with van der Waals surface area (Å²) in [4.78, 5) is 5.04. The van der Waals surface area contributed by atoms with Gasteiger partial charge in [-0.05, 0) is 59.6 Å². The Kier molecular flexibility index (Phi) is 4.41. The van der Waals surface area contributed by atoms with E-state index in [4.69, 9.17) is 0 Å². The van der Waals surface area contributed by atoms with E-state index in [1.54, 1.807) is 0 Å². The van der Waals surface area contributed by atoms with E-state index in [0.717, 1.165) is 0 Å². The standard InChI is InChI=1S/C36H24BN3/c1-3-13-25(14-4-1)38-31-20-10-8-17-27(31)28-23-24-34-35(36(28)38)29-18-7-9-19-30(29)37-39(26-15-5-2-6-16-26)32-21-11-12-22-33(32)40(34)37/h1-24H. The molecule has 0 bridgehead atoms. The number of para-hydroxylation sites is 5. The fraction of sp³-hybridized carbons (Fsp3) is 0. The molecule has 40 heavy (non-hydrogen) atoms. The van der Waals surface area contributed by atoms with Gasteiger partial charge in [0.05, 0.1) is 22.4 Å². The zero-order valence-corrected chi connectivity index (χ0v) is 21.8. The Bertz CT molecular complexity index is 2080. The van der Waals surface area contributed by atoms with Crippen molar-refractivity contribution >= 4 is 57.0 Å². The Labute approximate surface area is 233 Å². The topological polar surface area (TPSA) is 11.4 Å². The third kappa shape index (κ3) is 2.80. The lowest BCUT2D eigenvalue weighted by Crippen LogP contribution is -2.55. The maximum atomic E-state index is 2.55. The molecule has 0 saturated heterocycles. The SMILES string of the molecule is c1ccc(N2B3c4ccccc4-c4c(ccc5c6ccccc6n(-c6ccccc6)c45)N3c3ccccc32)cc1. The van der Waals surface area contributed by atoms with Crippen LogP contribution in [0.15, 0.2) is 146 Å². The van der Waals surface area contributed by atoms with E-state index in [-0.39, 0.29) is 6.98 Å². The summed E-state index contributed by atoms with van der Waals surface area (Å²) >= 11 is 0. The molecule has 0 aliphatic carbocycles. The normalized spacial score (nSPS) is 13.3. The van der Waals surface area contributed by atoms with E-state index in [1.165, 1.54) is 66.8 Å². The molecule has 0 spiro atoms. The Hall–Kier alpha value is -5.22. The second kappa shape index (κ2) is 8.14. The number of hydrogen-bond donors (Lipinski definition) is 0. The van der Waals surface area contributed by atoms with Crippen molar-refractivity contribution in [1.82, 2.24) is 4.57 Å². The summed E-state index contributed by atoms with van der Waals surface area (Å²) in [6.45, 7) is 0.0236. The minimum atomic E-state index is 0.0236. The van der Waals surface area contributed by atoms with E-state index >= 15 is 0 Å². The average Bonchev–Trinajstić information content (AvgIpc) is 3.56. The summed E-state index contributed by atoms with van der Waals surface area (Å²) < 4.78 is 2.46. The summed E-state index contributed by atoms with van der Waals surface area (Å²) in [5, 5.41) is 2.55. The molecule has 0 amide bonds. The zero-order valence-electron chi connectivity index (χ0n) is 21.8. The first-order valence-corrected chi connectivity index (χ1v) is 13.8. The van der Waals surface area contributed by atoms with Crippen molar-refractivity contribution in [1.29, 1.82) is 0 Å². The monoisotopic (exact) mass is 509 g/mol. The largest absolute Gasteiger partial charge is 0.421 e. The van der Waals surface area contributed by atoms with Gasteiger partial charge < -0.3 is 14.2 Å². The van der Waals surface area contributed by atoms with Crippen LogP contribution in [-0.2, 0) is 0 Å². The van der Waals surface area contributed by atoms with Gasteiger partial charge in [0.15, 0.2) is 0 Å². The maximum Gasteiger partial charge on any atom is 0.421 e. The van der Waals surface area contributed by atoms with Crippen LogP contribution in [-0.4, -0.2) is 11.5 Å². The highest BCUT2D eigenvalue weighted by Gasteiger charge is 2.48. The highest BCUT2D eigenvalue weighted by atomic mass is 15.3. The molecule has 9 rings (SSSR count). The van der Waals surface area contributed by atoms with Crippen LogP contribution in [0.2, 0.25) is 0 Å². The van der Waals surface area contributed by atoms with Gasteiger partial charge in [0.2, 0.25) is 0 Å². The van der Waals surface area contributed by atoms with Gasteiger partial charge in [0.25, 0.3) is 0 Å². The smallest absolute Gasteiger partial charge is 0.360 e. The van der Waals surface area contributed by atoms with Gasteiger partial charge in [-0.15, -0.1) is 0 Å². The molecule has 0 atom stereocenters. The Balaban J connectivity index is 1.43. The van der Waals surface area contributed by atoms with Crippen molar-refractivity contribution < 1.29 is 0 Å². The summed E-state index contributed by atoms with van der Waals surface area (Å²) in [7, 11) is 0. The summed E-state index contributed by atoms with van der Waals surface area (Å²) in [6.07, 6.45) is 0. The first-order valence-electron chi connectivity index (χ1n) is 13.8. The molecule has 7 aromatic rings. The molecule has 6 aromatic carbocycles. The zero-order chi connectivity index (χ0) is 26.2. The van der Waals surface area contributed by atoms with Gasteiger partial charge in [0.1, 0.15) is 0 Å². The predicted octanol–water partition coefficient (Wildman–Crippen LogP) is 8.45. The molecule has 0 N–H and O–H groups in total. The van der Waals surface area contributed by atoms with Crippen molar-refractivity contribution in [3.05, 3.63) is 146 Å². The highest BCUT2D eigenvalue weighted by Crippen LogP contribution is 2.53. The van der Waals surface area contributed by atoms with Crippen LogP contribution in [0.4, 0.5) is 22.7 Å². The van der Waals surface area contributed by atoms with Crippen LogP contribution in [0.1, 0.15) is 0 Å². The van der Waals surface area contributed by atoms with Crippen molar-refractivity contribution in [2.75, 3.05) is 9.62 Å². The highest BCUT2D eigenvalue weighted by molar-refractivity contribution is 6.86. The molecule has 2 aliphatic heterocycles. The number of rotatable bonds is 2. The quantitative estimate of drug-likeness (QED) is 0.217. The molecule has 4 heteroatoms. The third-order valence-corrected chi connectivity index (χ3v) is 8.52. The van der Waals surface area contributed by atoms with Crippen LogP contribution < -0.4 is 15.1 Å². The Morgan fingerprint density at radius 2 is 1.05 bits per heavy atom. The number of aromatic nitrogens is 1. The van der Waals surface area contributed by atoms with Gasteiger partial charge in [-0.2, -0.15) is 0 Å². The molecule has 0 radical (unpaired) electrons. The average molecular weight is 509 g/mol. The Morgan fingerprint density at radius 3 is 1.85 bits per heavy atom. The van der Waals surface area contributed by atoms with Crippen LogP contribution in [0.3, 0.4) is 0 Å². The number of benzene rings is 6. The minimum Gasteiger partial charge on any atom is -0.360 e. The van der Waals surface area contributed by atoms with Gasteiger partial charge in [0, 0.05) is 33.4 Å². The van der Waals surface area contributed by atoms with Crippen molar-refractivity contribution in [2.45, 2.75) is 0 Å². The van der Waals surface area contributed by atoms with Crippen molar-refractivity contribution in [3.8, 4) is 16.8 Å². The molecule has 0 saturated carbocycles. The van der Waals surface area contributed by atoms with Crippen LogP contribution in [0.25, 0.3) is 38.6 Å². The predicted molar refractivity (Wildman–Crippen MR) is 169 cm³/mol. The van der Waals surface area contributed by atoms with E-state index in [9.17, 15) is 0 Å². The summed E-state index contributed by atoms with van der Waals surface area (Å²) in [5.74, 6) is 0. The Morgan fingerprint density at radius 1 is 0.425 bits per heavy atom. The first-order chi connectivity index (χ1) is 19.9. The lowest BCUT2D eigenvalue weighted by Gasteiger charge is -2.37. The maximum absolute atomic E-state index is 2.55. The van der Waals surface area contributed by atoms with Crippen LogP contribution in [0.5, 0.6) is 0 Å². The first kappa shape index (κ1) is 21.7. The van der Waals surface area contributed by atoms with Gasteiger partial charge in [-0.1, -0.05) is 97.1 Å². The van der Waals surface area contributed by atoms with Crippen LogP contribution >= 0.6 is 0 Å². The van der Waals surface area contributed by atoms with Gasteiger partial charge in [-0.3, -0.25) is 0 Å². The number of nitrogens with zero attached hydrogens (tertiary/aromatic N) is 3. The van der Waals surface area contributed by atoms with Crippen molar-refractivity contribution in [2.24, 2.45) is 0 Å². The van der Waals surface area contributed by atoms with E-state index < -0.39 is 0 Å².